The van der Waals surface area contributed by atoms with Crippen molar-refractivity contribution in [2.24, 2.45) is 0 Å². The maximum Gasteiger partial charge on any atom is 0.240 e. The number of hydrogen-bond donors (Lipinski definition) is 2. The average molecular weight is 314 g/mol. The zero-order valence-electron chi connectivity index (χ0n) is 10.2. The number of nitrogens with one attached hydrogen (secondary N) is 1. The van der Waals surface area contributed by atoms with Gasteiger partial charge in [0.25, 0.3) is 0 Å². The fourth-order valence-electron chi connectivity index (χ4n) is 1.51. The summed E-state index contributed by atoms with van der Waals surface area (Å²) in [5.41, 5.74) is 5.78. The van der Waals surface area contributed by atoms with E-state index in [1.165, 1.54) is 12.1 Å². The van der Waals surface area contributed by atoms with Crippen molar-refractivity contribution in [1.29, 1.82) is 0 Å². The van der Waals surface area contributed by atoms with Gasteiger partial charge in [0.15, 0.2) is 9.84 Å². The van der Waals surface area contributed by atoms with Gasteiger partial charge in [-0.25, -0.2) is 12.8 Å². The van der Waals surface area contributed by atoms with Crippen molar-refractivity contribution < 1.29 is 17.6 Å². The van der Waals surface area contributed by atoms with E-state index in [9.17, 15) is 17.6 Å². The topological polar surface area (TPSA) is 89.3 Å². The van der Waals surface area contributed by atoms with Gasteiger partial charge in [-0.1, -0.05) is 6.07 Å². The Bertz CT molecular complexity index is 727. The molecule has 0 saturated heterocycles. The highest BCUT2D eigenvalue weighted by molar-refractivity contribution is 7.94. The average Bonchev–Trinajstić information content (AvgIpc) is 2.87. The summed E-state index contributed by atoms with van der Waals surface area (Å²) in [6, 6.07) is 6.47. The van der Waals surface area contributed by atoms with E-state index < -0.39 is 27.3 Å². The van der Waals surface area contributed by atoms with E-state index in [1.54, 1.807) is 11.4 Å². The van der Waals surface area contributed by atoms with Crippen LogP contribution in [-0.4, -0.2) is 20.1 Å². The Kier molecular flexibility index (Phi) is 4.05. The van der Waals surface area contributed by atoms with Gasteiger partial charge in [-0.05, 0) is 29.6 Å². The second-order valence-electron chi connectivity index (χ2n) is 3.97. The molecular formula is C12H11FN2O3S2. The number of thiophene rings is 1. The number of benzene rings is 1. The van der Waals surface area contributed by atoms with Crippen LogP contribution in [0.3, 0.4) is 0 Å². The normalized spacial score (nSPS) is 11.2. The van der Waals surface area contributed by atoms with Crippen LogP contribution in [0.5, 0.6) is 0 Å². The van der Waals surface area contributed by atoms with E-state index in [0.29, 0.717) is 0 Å². The molecule has 3 N–H and O–H groups in total. The van der Waals surface area contributed by atoms with Crippen molar-refractivity contribution >= 4 is 38.5 Å². The van der Waals surface area contributed by atoms with Crippen LogP contribution in [0.1, 0.15) is 0 Å². The summed E-state index contributed by atoms with van der Waals surface area (Å²) >= 11 is 1.03. The minimum absolute atomic E-state index is 0.0522. The number of anilines is 2. The molecule has 0 fully saturated rings. The van der Waals surface area contributed by atoms with E-state index >= 15 is 0 Å². The van der Waals surface area contributed by atoms with Gasteiger partial charge in [0, 0.05) is 0 Å². The van der Waals surface area contributed by atoms with Gasteiger partial charge < -0.3 is 11.1 Å². The lowest BCUT2D eigenvalue weighted by Crippen LogP contribution is -2.23. The molecule has 5 nitrogen and oxygen atoms in total. The van der Waals surface area contributed by atoms with Gasteiger partial charge in [-0.2, -0.15) is 0 Å². The molecule has 0 aliphatic carbocycles. The van der Waals surface area contributed by atoms with E-state index in [1.807, 2.05) is 0 Å². The highest BCUT2D eigenvalue weighted by Crippen LogP contribution is 2.21. The third-order valence-electron chi connectivity index (χ3n) is 2.41. The number of nitrogen functional groups attached to an aromatic ring is 1. The maximum atomic E-state index is 13.0. The van der Waals surface area contributed by atoms with Crippen LogP contribution in [0.4, 0.5) is 15.8 Å². The molecule has 2 rings (SSSR count). The summed E-state index contributed by atoms with van der Waals surface area (Å²) in [6.07, 6.45) is 0. The Hall–Kier alpha value is -1.93. The predicted octanol–water partition coefficient (Wildman–Crippen LogP) is 1.88. The lowest BCUT2D eigenvalue weighted by molar-refractivity contribution is -0.113. The van der Waals surface area contributed by atoms with Crippen LogP contribution < -0.4 is 11.1 Å². The number of halogens is 1. The van der Waals surface area contributed by atoms with Gasteiger partial charge in [-0.15, -0.1) is 11.3 Å². The molecule has 0 atom stereocenters. The first kappa shape index (κ1) is 14.5. The molecule has 0 aliphatic rings. The number of hydrogen-bond acceptors (Lipinski definition) is 5. The molecule has 2 aromatic rings. The molecule has 1 amide bonds. The second kappa shape index (κ2) is 5.59. The summed E-state index contributed by atoms with van der Waals surface area (Å²) in [5, 5.41) is 3.90. The van der Waals surface area contributed by atoms with Crippen molar-refractivity contribution in [1.82, 2.24) is 0 Å². The zero-order valence-corrected chi connectivity index (χ0v) is 11.8. The van der Waals surface area contributed by atoms with Crippen molar-refractivity contribution in [3.63, 3.8) is 0 Å². The van der Waals surface area contributed by atoms with Crippen molar-refractivity contribution in [2.45, 2.75) is 4.21 Å². The molecule has 106 valence electrons. The quantitative estimate of drug-likeness (QED) is 0.843. The molecule has 0 radical (unpaired) electrons. The lowest BCUT2D eigenvalue weighted by atomic mass is 10.2. The Labute approximate surface area is 119 Å². The SMILES string of the molecule is Nc1ccc(F)cc1NC(=O)CS(=O)(=O)c1cccs1. The van der Waals surface area contributed by atoms with Crippen molar-refractivity contribution in [3.8, 4) is 0 Å². The number of amides is 1. The first-order chi connectivity index (χ1) is 9.38. The van der Waals surface area contributed by atoms with E-state index in [0.717, 1.165) is 23.5 Å². The van der Waals surface area contributed by atoms with Gasteiger partial charge in [0.05, 0.1) is 11.4 Å². The first-order valence-electron chi connectivity index (χ1n) is 5.49. The van der Waals surface area contributed by atoms with Crippen LogP contribution in [0, 0.1) is 5.82 Å². The monoisotopic (exact) mass is 314 g/mol. The van der Waals surface area contributed by atoms with Gasteiger partial charge in [-0.3, -0.25) is 4.79 Å². The Balaban J connectivity index is 2.12. The summed E-state index contributed by atoms with van der Waals surface area (Å²) in [7, 11) is -3.69. The molecule has 0 unspecified atom stereocenters. The Morgan fingerprint density at radius 2 is 2.10 bits per heavy atom. The van der Waals surface area contributed by atoms with Crippen molar-refractivity contribution in [3.05, 3.63) is 41.5 Å². The summed E-state index contributed by atoms with van der Waals surface area (Å²) in [4.78, 5) is 11.7. The van der Waals surface area contributed by atoms with Crippen LogP contribution in [0.2, 0.25) is 0 Å². The fourth-order valence-corrected chi connectivity index (χ4v) is 3.73. The molecule has 0 bridgehead atoms. The molecule has 0 saturated carbocycles. The minimum atomic E-state index is -3.69. The molecule has 20 heavy (non-hydrogen) atoms. The minimum Gasteiger partial charge on any atom is -0.397 e. The number of rotatable bonds is 4. The first-order valence-corrected chi connectivity index (χ1v) is 8.03. The van der Waals surface area contributed by atoms with Gasteiger partial charge >= 0.3 is 0 Å². The lowest BCUT2D eigenvalue weighted by Gasteiger charge is -2.08. The van der Waals surface area contributed by atoms with E-state index in [4.69, 9.17) is 5.73 Å². The Morgan fingerprint density at radius 1 is 1.35 bits per heavy atom. The summed E-state index contributed by atoms with van der Waals surface area (Å²) in [6.45, 7) is 0. The highest BCUT2D eigenvalue weighted by atomic mass is 32.2. The highest BCUT2D eigenvalue weighted by Gasteiger charge is 2.20. The number of sulfone groups is 1. The molecule has 0 spiro atoms. The van der Waals surface area contributed by atoms with E-state index in [2.05, 4.69) is 5.32 Å². The number of carbonyl (C=O) groups excluding carboxylic acids is 1. The smallest absolute Gasteiger partial charge is 0.240 e. The third kappa shape index (κ3) is 3.34. The fraction of sp³-hybridized carbons (Fsp3) is 0.0833. The van der Waals surface area contributed by atoms with Gasteiger partial charge in [0.2, 0.25) is 5.91 Å². The van der Waals surface area contributed by atoms with Crippen LogP contribution in [0.15, 0.2) is 39.9 Å². The summed E-state index contributed by atoms with van der Waals surface area (Å²) in [5.74, 6) is -2.06. The zero-order chi connectivity index (χ0) is 14.8. The number of carbonyl (C=O) groups is 1. The molecule has 1 aromatic heterocycles. The molecule has 1 heterocycles. The van der Waals surface area contributed by atoms with Crippen molar-refractivity contribution in [2.75, 3.05) is 16.8 Å². The summed E-state index contributed by atoms with van der Waals surface area (Å²) < 4.78 is 36.9. The Morgan fingerprint density at radius 3 is 2.75 bits per heavy atom. The van der Waals surface area contributed by atoms with Crippen LogP contribution >= 0.6 is 11.3 Å². The standard InChI is InChI=1S/C12H11FN2O3S2/c13-8-3-4-9(14)10(6-8)15-11(16)7-20(17,18)12-2-1-5-19-12/h1-6H,7,14H2,(H,15,16). The van der Waals surface area contributed by atoms with Gasteiger partial charge in [0.1, 0.15) is 15.8 Å². The molecular weight excluding hydrogens is 303 g/mol. The molecule has 1 aromatic carbocycles. The van der Waals surface area contributed by atoms with Crippen LogP contribution in [-0.2, 0) is 14.6 Å². The van der Waals surface area contributed by atoms with E-state index in [-0.39, 0.29) is 15.6 Å². The predicted molar refractivity (Wildman–Crippen MR) is 75.8 cm³/mol. The molecule has 0 aliphatic heterocycles. The maximum absolute atomic E-state index is 13.0. The number of nitrogens with two attached hydrogens (primary N) is 1. The second-order valence-corrected chi connectivity index (χ2v) is 7.14. The third-order valence-corrected chi connectivity index (χ3v) is 5.52. The largest absolute Gasteiger partial charge is 0.397 e. The van der Waals surface area contributed by atoms with Crippen LogP contribution in [0.25, 0.3) is 0 Å². The molecule has 8 heteroatoms.